The van der Waals surface area contributed by atoms with Gasteiger partial charge in [-0.1, -0.05) is 37.3 Å². The lowest BCUT2D eigenvalue weighted by atomic mass is 10.0. The van der Waals surface area contributed by atoms with Crippen LogP contribution < -0.4 is 5.32 Å². The summed E-state index contributed by atoms with van der Waals surface area (Å²) in [6.45, 7) is 1.91. The first-order valence-electron chi connectivity index (χ1n) is 12.1. The van der Waals surface area contributed by atoms with Gasteiger partial charge in [0.05, 0.1) is 40.0 Å². The summed E-state index contributed by atoms with van der Waals surface area (Å²) in [5.74, 6) is -0.796. The highest BCUT2D eigenvalue weighted by molar-refractivity contribution is 5.98. The van der Waals surface area contributed by atoms with Crippen LogP contribution in [0, 0.1) is 11.6 Å². The van der Waals surface area contributed by atoms with E-state index in [0.717, 1.165) is 0 Å². The number of benzene rings is 2. The van der Waals surface area contributed by atoms with E-state index < -0.39 is 5.82 Å². The van der Waals surface area contributed by atoms with Crippen LogP contribution in [0.2, 0.25) is 0 Å². The quantitative estimate of drug-likeness (QED) is 0.246. The number of nitrogens with one attached hydrogen (secondary N) is 3. The molecule has 3 N–H and O–H groups in total. The molecule has 10 heteroatoms. The van der Waals surface area contributed by atoms with Gasteiger partial charge in [-0.2, -0.15) is 5.10 Å². The summed E-state index contributed by atoms with van der Waals surface area (Å²) in [6, 6.07) is 13.5. The van der Waals surface area contributed by atoms with Gasteiger partial charge in [-0.05, 0) is 24.6 Å². The number of rotatable bonds is 6. The van der Waals surface area contributed by atoms with Gasteiger partial charge in [0.2, 0.25) is 5.91 Å². The topological polar surface area (TPSA) is 112 Å². The third-order valence-electron chi connectivity index (χ3n) is 6.22. The molecule has 0 aliphatic carbocycles. The van der Waals surface area contributed by atoms with Crippen molar-refractivity contribution < 1.29 is 13.6 Å². The number of H-pyrrole nitrogens is 2. The fourth-order valence-corrected chi connectivity index (χ4v) is 4.48. The SMILES string of the molecule is CCCC(=O)Nc1cncc(-c2ncc3[nH]nc(-c4nc5c(-c6ccccc6F)cccc5[nH]4)c3c2F)c1. The second-order valence-corrected chi connectivity index (χ2v) is 8.81. The lowest BCUT2D eigenvalue weighted by Gasteiger charge is -2.07. The van der Waals surface area contributed by atoms with E-state index in [4.69, 9.17) is 0 Å². The molecule has 0 aliphatic heterocycles. The fraction of sp³-hybridized carbons (Fsp3) is 0.107. The van der Waals surface area contributed by atoms with Crippen LogP contribution in [0.15, 0.2) is 67.1 Å². The number of amides is 1. The van der Waals surface area contributed by atoms with Crippen molar-refractivity contribution in [2.75, 3.05) is 5.32 Å². The number of aromatic amines is 2. The van der Waals surface area contributed by atoms with Crippen LogP contribution in [0.1, 0.15) is 19.8 Å². The predicted octanol–water partition coefficient (Wildman–Crippen LogP) is 6.25. The average Bonchev–Trinajstić information content (AvgIpc) is 3.54. The van der Waals surface area contributed by atoms with Crippen molar-refractivity contribution in [3.8, 4) is 33.9 Å². The van der Waals surface area contributed by atoms with Crippen molar-refractivity contribution in [2.24, 2.45) is 0 Å². The molecule has 0 saturated heterocycles. The fourth-order valence-electron chi connectivity index (χ4n) is 4.48. The second kappa shape index (κ2) is 9.47. The lowest BCUT2D eigenvalue weighted by Crippen LogP contribution is -2.10. The summed E-state index contributed by atoms with van der Waals surface area (Å²) in [7, 11) is 0. The summed E-state index contributed by atoms with van der Waals surface area (Å²) < 4.78 is 30.5. The average molecular weight is 510 g/mol. The number of para-hydroxylation sites is 1. The molecular formula is C28H21F2N7O. The van der Waals surface area contributed by atoms with E-state index >= 15 is 4.39 Å². The minimum atomic E-state index is -0.611. The zero-order chi connectivity index (χ0) is 26.2. The molecule has 0 spiro atoms. The predicted molar refractivity (Wildman–Crippen MR) is 141 cm³/mol. The van der Waals surface area contributed by atoms with Crippen molar-refractivity contribution in [3.05, 3.63) is 78.8 Å². The first-order chi connectivity index (χ1) is 18.5. The molecule has 4 heterocycles. The number of hydrogen-bond acceptors (Lipinski definition) is 5. The number of hydrogen-bond donors (Lipinski definition) is 3. The third-order valence-corrected chi connectivity index (χ3v) is 6.22. The summed E-state index contributed by atoms with van der Waals surface area (Å²) in [5, 5.41) is 10.1. The number of anilines is 1. The minimum Gasteiger partial charge on any atom is -0.337 e. The summed E-state index contributed by atoms with van der Waals surface area (Å²) in [4.78, 5) is 28.3. The second-order valence-electron chi connectivity index (χ2n) is 8.81. The van der Waals surface area contributed by atoms with Gasteiger partial charge in [-0.15, -0.1) is 0 Å². The lowest BCUT2D eigenvalue weighted by molar-refractivity contribution is -0.116. The van der Waals surface area contributed by atoms with Crippen LogP contribution >= 0.6 is 0 Å². The van der Waals surface area contributed by atoms with Crippen molar-refractivity contribution >= 4 is 33.5 Å². The van der Waals surface area contributed by atoms with E-state index in [-0.39, 0.29) is 28.5 Å². The van der Waals surface area contributed by atoms with Gasteiger partial charge >= 0.3 is 0 Å². The molecule has 0 saturated carbocycles. The maximum Gasteiger partial charge on any atom is 0.224 e. The van der Waals surface area contributed by atoms with Gasteiger partial charge in [0, 0.05) is 29.3 Å². The molecular weight excluding hydrogens is 488 g/mol. The molecule has 8 nitrogen and oxygen atoms in total. The Bertz CT molecular complexity index is 1830. The zero-order valence-corrected chi connectivity index (χ0v) is 20.2. The standard InChI is InChI=1S/C28H21F2N7O/c1-2-6-22(38)33-16-11-15(12-31-13-16)25-24(30)23-21(14-32-25)36-37-27(23)28-34-20-10-5-8-18(26(20)35-28)17-7-3-4-9-19(17)29/h3-5,7-14H,2,6H2,1H3,(H,33,38)(H,34,35)(H,36,37). The molecule has 0 fully saturated rings. The summed E-state index contributed by atoms with van der Waals surface area (Å²) in [5.41, 5.74) is 3.78. The van der Waals surface area contributed by atoms with Crippen molar-refractivity contribution in [3.63, 3.8) is 0 Å². The molecule has 0 unspecified atom stereocenters. The van der Waals surface area contributed by atoms with E-state index in [2.05, 4.69) is 35.5 Å². The Hall–Kier alpha value is -4.99. The molecule has 188 valence electrons. The van der Waals surface area contributed by atoms with Crippen LogP contribution in [0.4, 0.5) is 14.5 Å². The Labute approximate surface area is 215 Å². The van der Waals surface area contributed by atoms with Crippen LogP contribution in [0.5, 0.6) is 0 Å². The van der Waals surface area contributed by atoms with Crippen molar-refractivity contribution in [1.82, 2.24) is 30.1 Å². The van der Waals surface area contributed by atoms with Crippen LogP contribution in [-0.4, -0.2) is 36.0 Å². The Morgan fingerprint density at radius 1 is 0.974 bits per heavy atom. The van der Waals surface area contributed by atoms with Gasteiger partial charge in [0.15, 0.2) is 11.6 Å². The van der Waals surface area contributed by atoms with Gasteiger partial charge in [0.25, 0.3) is 0 Å². The smallest absolute Gasteiger partial charge is 0.224 e. The molecule has 1 amide bonds. The number of imidazole rings is 1. The summed E-state index contributed by atoms with van der Waals surface area (Å²) >= 11 is 0. The molecule has 6 aromatic rings. The molecule has 0 radical (unpaired) electrons. The van der Waals surface area contributed by atoms with Crippen LogP contribution in [0.25, 0.3) is 55.8 Å². The Kier molecular flexibility index (Phi) is 5.83. The van der Waals surface area contributed by atoms with Gasteiger partial charge < -0.3 is 10.3 Å². The number of fused-ring (bicyclic) bond motifs is 2. The highest BCUT2D eigenvalue weighted by Gasteiger charge is 2.21. The highest BCUT2D eigenvalue weighted by Crippen LogP contribution is 2.35. The zero-order valence-electron chi connectivity index (χ0n) is 20.2. The third kappa shape index (κ3) is 4.05. The van der Waals surface area contributed by atoms with Gasteiger partial charge in [-0.25, -0.2) is 13.8 Å². The number of halogens is 2. The molecule has 38 heavy (non-hydrogen) atoms. The molecule has 0 bridgehead atoms. The summed E-state index contributed by atoms with van der Waals surface area (Å²) in [6.07, 6.45) is 5.54. The van der Waals surface area contributed by atoms with E-state index in [0.29, 0.717) is 57.6 Å². The van der Waals surface area contributed by atoms with Gasteiger partial charge in [-0.3, -0.25) is 19.9 Å². The normalized spacial score (nSPS) is 11.3. The van der Waals surface area contributed by atoms with E-state index in [1.54, 1.807) is 36.4 Å². The van der Waals surface area contributed by atoms with Crippen LogP contribution in [-0.2, 0) is 4.79 Å². The number of aromatic nitrogens is 6. The maximum absolute atomic E-state index is 16.0. The number of carbonyl (C=O) groups excluding carboxylic acids is 1. The molecule has 0 atom stereocenters. The van der Waals surface area contributed by atoms with Gasteiger partial charge in [0.1, 0.15) is 17.2 Å². The van der Waals surface area contributed by atoms with Crippen molar-refractivity contribution in [2.45, 2.75) is 19.8 Å². The largest absolute Gasteiger partial charge is 0.337 e. The first-order valence-corrected chi connectivity index (χ1v) is 12.1. The monoisotopic (exact) mass is 509 g/mol. The highest BCUT2D eigenvalue weighted by atomic mass is 19.1. The Balaban J connectivity index is 1.45. The Morgan fingerprint density at radius 3 is 2.66 bits per heavy atom. The maximum atomic E-state index is 16.0. The van der Waals surface area contributed by atoms with Crippen LogP contribution in [0.3, 0.4) is 0 Å². The molecule has 4 aromatic heterocycles. The van der Waals surface area contributed by atoms with E-state index in [1.165, 1.54) is 24.7 Å². The number of pyridine rings is 2. The van der Waals surface area contributed by atoms with Crippen molar-refractivity contribution in [1.29, 1.82) is 0 Å². The molecule has 2 aromatic carbocycles. The molecule has 6 rings (SSSR count). The van der Waals surface area contributed by atoms with E-state index in [9.17, 15) is 9.18 Å². The number of carbonyl (C=O) groups is 1. The Morgan fingerprint density at radius 2 is 1.82 bits per heavy atom. The van der Waals surface area contributed by atoms with E-state index in [1.807, 2.05) is 13.0 Å². The minimum absolute atomic E-state index is 0.0578. The molecule has 0 aliphatic rings. The number of nitrogens with zero attached hydrogens (tertiary/aromatic N) is 4. The first kappa shape index (κ1) is 23.4.